The summed E-state index contributed by atoms with van der Waals surface area (Å²) in [6.07, 6.45) is 1.84. The molecule has 86 valence electrons. The minimum atomic E-state index is -0.931. The van der Waals surface area contributed by atoms with Crippen molar-refractivity contribution in [3.8, 4) is 0 Å². The van der Waals surface area contributed by atoms with Crippen LogP contribution in [-0.2, 0) is 26.4 Å². The molecule has 0 N–H and O–H groups in total. The molecule has 1 aliphatic rings. The summed E-state index contributed by atoms with van der Waals surface area (Å²) < 4.78 is 5.28. The Bertz CT molecular complexity index is 271. The molecule has 0 aliphatic carbocycles. The van der Waals surface area contributed by atoms with Crippen molar-refractivity contribution < 1.29 is 19.9 Å². The molecule has 1 aromatic rings. The summed E-state index contributed by atoms with van der Waals surface area (Å²) in [4.78, 5) is 6.66. The SMILES string of the molecule is [Cl][Zn][Cl].c1ccc(CN2CCOCC2)nc1. The maximum absolute atomic E-state index is 5.28. The number of hydrogen-bond donors (Lipinski definition) is 0. The van der Waals surface area contributed by atoms with Gasteiger partial charge in [0, 0.05) is 25.8 Å². The number of nitrogens with zero attached hydrogens (tertiary/aromatic N) is 2. The average Bonchev–Trinajstić information content (AvgIpc) is 2.33. The summed E-state index contributed by atoms with van der Waals surface area (Å²) in [5.41, 5.74) is 1.14. The number of rotatable bonds is 2. The van der Waals surface area contributed by atoms with Gasteiger partial charge in [0.2, 0.25) is 0 Å². The Balaban J connectivity index is 0.000000386. The minimum Gasteiger partial charge on any atom is -0.379 e. The van der Waals surface area contributed by atoms with E-state index in [1.165, 1.54) is 0 Å². The fourth-order valence-corrected chi connectivity index (χ4v) is 1.48. The van der Waals surface area contributed by atoms with Gasteiger partial charge in [-0.1, -0.05) is 6.07 Å². The van der Waals surface area contributed by atoms with E-state index in [0.29, 0.717) is 0 Å². The molecule has 16 heavy (non-hydrogen) atoms. The van der Waals surface area contributed by atoms with Crippen molar-refractivity contribution in [1.82, 2.24) is 9.88 Å². The molecule has 0 radical (unpaired) electrons. The van der Waals surface area contributed by atoms with Crippen LogP contribution in [0.2, 0.25) is 0 Å². The van der Waals surface area contributed by atoms with Gasteiger partial charge in [0.15, 0.2) is 0 Å². The normalized spacial score (nSPS) is 15.9. The Labute approximate surface area is 112 Å². The van der Waals surface area contributed by atoms with Crippen molar-refractivity contribution in [3.05, 3.63) is 30.1 Å². The third kappa shape index (κ3) is 6.12. The molecule has 0 bridgehead atoms. The molecular formula is C10H14Cl2N2OZn. The van der Waals surface area contributed by atoms with Crippen LogP contribution in [0.15, 0.2) is 24.4 Å². The molecule has 0 saturated carbocycles. The second kappa shape index (κ2) is 9.32. The molecule has 1 aliphatic heterocycles. The maximum Gasteiger partial charge on any atom is 0.0594 e. The van der Waals surface area contributed by atoms with Crippen molar-refractivity contribution in [3.63, 3.8) is 0 Å². The minimum absolute atomic E-state index is 0.854. The molecule has 0 amide bonds. The van der Waals surface area contributed by atoms with Crippen LogP contribution in [0.1, 0.15) is 5.69 Å². The van der Waals surface area contributed by atoms with Crippen molar-refractivity contribution >= 4 is 19.4 Å². The van der Waals surface area contributed by atoms with Gasteiger partial charge < -0.3 is 4.74 Å². The number of pyridine rings is 1. The zero-order valence-corrected chi connectivity index (χ0v) is 13.6. The summed E-state index contributed by atoms with van der Waals surface area (Å²) in [5, 5.41) is 0. The predicted octanol–water partition coefficient (Wildman–Crippen LogP) is 2.29. The van der Waals surface area contributed by atoms with E-state index in [2.05, 4.69) is 16.0 Å². The van der Waals surface area contributed by atoms with Crippen LogP contribution in [0.5, 0.6) is 0 Å². The molecule has 2 rings (SSSR count). The largest absolute Gasteiger partial charge is 0.379 e. The molecular weight excluding hydrogens is 300 g/mol. The van der Waals surface area contributed by atoms with Gasteiger partial charge >= 0.3 is 34.5 Å². The molecule has 2 heterocycles. The van der Waals surface area contributed by atoms with Crippen LogP contribution in [0.3, 0.4) is 0 Å². The Kier molecular flexibility index (Phi) is 8.35. The van der Waals surface area contributed by atoms with E-state index in [1.54, 1.807) is 0 Å². The quantitative estimate of drug-likeness (QED) is 0.783. The monoisotopic (exact) mass is 312 g/mol. The molecule has 1 aromatic heterocycles. The summed E-state index contributed by atoms with van der Waals surface area (Å²) in [7, 11) is 9.90. The molecule has 0 aromatic carbocycles. The third-order valence-electron chi connectivity index (χ3n) is 2.22. The average molecular weight is 315 g/mol. The van der Waals surface area contributed by atoms with Crippen LogP contribution in [-0.4, -0.2) is 36.2 Å². The molecule has 1 saturated heterocycles. The van der Waals surface area contributed by atoms with Crippen LogP contribution >= 0.6 is 19.4 Å². The smallest absolute Gasteiger partial charge is 0.0594 e. The van der Waals surface area contributed by atoms with E-state index in [-0.39, 0.29) is 0 Å². The molecule has 0 spiro atoms. The Morgan fingerprint density at radius 1 is 1.31 bits per heavy atom. The zero-order chi connectivity index (χ0) is 11.6. The molecule has 1 fully saturated rings. The van der Waals surface area contributed by atoms with E-state index in [0.717, 1.165) is 38.5 Å². The van der Waals surface area contributed by atoms with Crippen LogP contribution < -0.4 is 0 Å². The first kappa shape index (κ1) is 14.3. The second-order valence-electron chi connectivity index (χ2n) is 3.31. The van der Waals surface area contributed by atoms with Gasteiger partial charge in [0.05, 0.1) is 18.9 Å². The Morgan fingerprint density at radius 3 is 2.56 bits per heavy atom. The fraction of sp³-hybridized carbons (Fsp3) is 0.500. The van der Waals surface area contributed by atoms with E-state index in [4.69, 9.17) is 24.1 Å². The topological polar surface area (TPSA) is 25.4 Å². The standard InChI is InChI=1S/C10H14N2O.2ClH.Zn/c1-2-4-11-10(3-1)9-12-5-7-13-8-6-12;;;/h1-4H,5-9H2;2*1H;/q;;;+2/p-2. The molecule has 6 heteroatoms. The predicted molar refractivity (Wildman–Crippen MR) is 62.0 cm³/mol. The molecule has 0 atom stereocenters. The van der Waals surface area contributed by atoms with Crippen LogP contribution in [0, 0.1) is 0 Å². The van der Waals surface area contributed by atoms with Gasteiger partial charge in [-0.05, 0) is 12.1 Å². The third-order valence-corrected chi connectivity index (χ3v) is 2.22. The molecule has 3 nitrogen and oxygen atoms in total. The first-order valence-electron chi connectivity index (χ1n) is 5.18. The number of aromatic nitrogens is 1. The van der Waals surface area contributed by atoms with Crippen LogP contribution in [0.25, 0.3) is 0 Å². The number of halogens is 2. The number of morpholine rings is 1. The second-order valence-corrected chi connectivity index (χ2v) is 7.93. The molecule has 0 unspecified atom stereocenters. The van der Waals surface area contributed by atoms with Crippen LogP contribution in [0.4, 0.5) is 0 Å². The first-order valence-corrected chi connectivity index (χ1v) is 13.0. The summed E-state index contributed by atoms with van der Waals surface area (Å²) in [5.74, 6) is 0. The van der Waals surface area contributed by atoms with E-state index < -0.39 is 15.1 Å². The van der Waals surface area contributed by atoms with Crippen molar-refractivity contribution in [1.29, 1.82) is 0 Å². The van der Waals surface area contributed by atoms with Gasteiger partial charge in [0.1, 0.15) is 0 Å². The number of ether oxygens (including phenoxy) is 1. The van der Waals surface area contributed by atoms with Gasteiger partial charge in [-0.3, -0.25) is 9.88 Å². The van der Waals surface area contributed by atoms with E-state index >= 15 is 0 Å². The van der Waals surface area contributed by atoms with Gasteiger partial charge in [-0.25, -0.2) is 0 Å². The maximum atomic E-state index is 5.28. The van der Waals surface area contributed by atoms with Gasteiger partial charge in [-0.15, -0.1) is 0 Å². The fourth-order valence-electron chi connectivity index (χ4n) is 1.48. The summed E-state index contributed by atoms with van der Waals surface area (Å²) >= 11 is -0.931. The van der Waals surface area contributed by atoms with E-state index in [1.807, 2.05) is 18.3 Å². The number of hydrogen-bond acceptors (Lipinski definition) is 3. The zero-order valence-electron chi connectivity index (χ0n) is 9.11. The van der Waals surface area contributed by atoms with E-state index in [9.17, 15) is 0 Å². The Morgan fingerprint density at radius 2 is 2.00 bits per heavy atom. The summed E-state index contributed by atoms with van der Waals surface area (Å²) in [6.45, 7) is 4.71. The first-order chi connectivity index (χ1) is 7.86. The van der Waals surface area contributed by atoms with Crippen molar-refractivity contribution in [2.24, 2.45) is 0 Å². The van der Waals surface area contributed by atoms with Gasteiger partial charge in [-0.2, -0.15) is 0 Å². The van der Waals surface area contributed by atoms with Gasteiger partial charge in [0.25, 0.3) is 0 Å². The Hall–Kier alpha value is 0.273. The summed E-state index contributed by atoms with van der Waals surface area (Å²) in [6, 6.07) is 6.04. The van der Waals surface area contributed by atoms with Crippen molar-refractivity contribution in [2.75, 3.05) is 26.3 Å². The van der Waals surface area contributed by atoms with Crippen molar-refractivity contribution in [2.45, 2.75) is 6.54 Å².